The molecule has 0 amide bonds. The van der Waals surface area contributed by atoms with E-state index in [9.17, 15) is 9.90 Å². The van der Waals surface area contributed by atoms with Crippen LogP contribution in [0.2, 0.25) is 0 Å². The summed E-state index contributed by atoms with van der Waals surface area (Å²) in [6, 6.07) is 8.44. The standard InChI is InChI=1S/C13H15NO2S/c1-9-5-7-10(8-6-9)3-2-4-11-12(15)14-13(16)17-11/h5-8,15H,2-4H2,1H3,(H,14,16). The molecule has 1 aromatic heterocycles. The Balaban J connectivity index is 1.89. The number of aromatic amines is 1. The Labute approximate surface area is 104 Å². The van der Waals surface area contributed by atoms with Gasteiger partial charge < -0.3 is 5.11 Å². The van der Waals surface area contributed by atoms with E-state index in [0.717, 1.165) is 35.5 Å². The largest absolute Gasteiger partial charge is 0.494 e. The van der Waals surface area contributed by atoms with Crippen molar-refractivity contribution >= 4 is 11.3 Å². The molecule has 0 spiro atoms. The van der Waals surface area contributed by atoms with Gasteiger partial charge in [0, 0.05) is 0 Å². The summed E-state index contributed by atoms with van der Waals surface area (Å²) in [5.41, 5.74) is 2.55. The second-order valence-electron chi connectivity index (χ2n) is 4.13. The summed E-state index contributed by atoms with van der Waals surface area (Å²) in [6.07, 6.45) is 2.64. The van der Waals surface area contributed by atoms with Crippen molar-refractivity contribution in [1.82, 2.24) is 4.98 Å². The number of hydrogen-bond donors (Lipinski definition) is 2. The Kier molecular flexibility index (Phi) is 3.64. The first-order chi connectivity index (χ1) is 8.15. The molecule has 4 heteroatoms. The Hall–Kier alpha value is -1.55. The fraction of sp³-hybridized carbons (Fsp3) is 0.308. The lowest BCUT2D eigenvalue weighted by atomic mass is 10.1. The summed E-state index contributed by atoms with van der Waals surface area (Å²) in [7, 11) is 0. The molecule has 90 valence electrons. The molecular weight excluding hydrogens is 234 g/mol. The molecule has 0 aliphatic rings. The minimum absolute atomic E-state index is 0.0314. The van der Waals surface area contributed by atoms with Crippen molar-refractivity contribution in [3.05, 3.63) is 49.9 Å². The first-order valence-electron chi connectivity index (χ1n) is 5.61. The number of hydrogen-bond acceptors (Lipinski definition) is 3. The molecule has 0 atom stereocenters. The summed E-state index contributed by atoms with van der Waals surface area (Å²) in [5.74, 6) is 0.0314. The Bertz CT molecular complexity index is 539. The second kappa shape index (κ2) is 5.19. The smallest absolute Gasteiger partial charge is 0.307 e. The fourth-order valence-electron chi connectivity index (χ4n) is 1.73. The molecule has 0 bridgehead atoms. The van der Waals surface area contributed by atoms with Crippen LogP contribution in [0.15, 0.2) is 29.1 Å². The Morgan fingerprint density at radius 1 is 1.24 bits per heavy atom. The van der Waals surface area contributed by atoms with Crippen molar-refractivity contribution in [3.63, 3.8) is 0 Å². The molecule has 0 fully saturated rings. The van der Waals surface area contributed by atoms with Crippen LogP contribution in [0.25, 0.3) is 0 Å². The molecule has 0 saturated carbocycles. The molecule has 0 aliphatic carbocycles. The van der Waals surface area contributed by atoms with Crippen molar-refractivity contribution < 1.29 is 5.11 Å². The van der Waals surface area contributed by atoms with Gasteiger partial charge in [0.15, 0.2) is 0 Å². The molecule has 0 aliphatic heterocycles. The van der Waals surface area contributed by atoms with Gasteiger partial charge in [-0.3, -0.25) is 9.78 Å². The van der Waals surface area contributed by atoms with Crippen LogP contribution in [-0.2, 0) is 12.8 Å². The molecule has 2 aromatic rings. The van der Waals surface area contributed by atoms with Gasteiger partial charge in [-0.2, -0.15) is 0 Å². The summed E-state index contributed by atoms with van der Waals surface area (Å²) >= 11 is 1.09. The number of aryl methyl sites for hydroxylation is 3. The van der Waals surface area contributed by atoms with Gasteiger partial charge in [0.25, 0.3) is 0 Å². The van der Waals surface area contributed by atoms with Crippen LogP contribution < -0.4 is 4.87 Å². The van der Waals surface area contributed by atoms with Gasteiger partial charge in [0.1, 0.15) is 0 Å². The minimum atomic E-state index is -0.187. The molecular formula is C13H15NO2S. The summed E-state index contributed by atoms with van der Waals surface area (Å²) in [6.45, 7) is 2.07. The summed E-state index contributed by atoms with van der Waals surface area (Å²) in [5, 5.41) is 9.42. The van der Waals surface area contributed by atoms with Crippen LogP contribution in [0.1, 0.15) is 22.4 Å². The molecule has 1 heterocycles. The lowest BCUT2D eigenvalue weighted by molar-refractivity contribution is 0.449. The van der Waals surface area contributed by atoms with E-state index in [1.165, 1.54) is 11.1 Å². The van der Waals surface area contributed by atoms with Gasteiger partial charge in [0.05, 0.1) is 4.88 Å². The number of aromatic nitrogens is 1. The number of thiazole rings is 1. The van der Waals surface area contributed by atoms with E-state index in [1.807, 2.05) is 0 Å². The molecule has 0 unspecified atom stereocenters. The zero-order valence-electron chi connectivity index (χ0n) is 9.69. The highest BCUT2D eigenvalue weighted by molar-refractivity contribution is 7.09. The average molecular weight is 249 g/mol. The Morgan fingerprint density at radius 2 is 1.94 bits per heavy atom. The average Bonchev–Trinajstić information content (AvgIpc) is 2.60. The Morgan fingerprint density at radius 3 is 2.53 bits per heavy atom. The van der Waals surface area contributed by atoms with E-state index in [4.69, 9.17) is 0 Å². The fourth-order valence-corrected chi connectivity index (χ4v) is 2.49. The van der Waals surface area contributed by atoms with Crippen molar-refractivity contribution in [2.75, 3.05) is 0 Å². The normalized spacial score (nSPS) is 10.6. The predicted molar refractivity (Wildman–Crippen MR) is 69.8 cm³/mol. The van der Waals surface area contributed by atoms with Gasteiger partial charge in [-0.1, -0.05) is 41.2 Å². The van der Waals surface area contributed by atoms with Crippen LogP contribution >= 0.6 is 11.3 Å². The zero-order chi connectivity index (χ0) is 12.3. The van der Waals surface area contributed by atoms with Gasteiger partial charge in [0.2, 0.25) is 5.88 Å². The van der Waals surface area contributed by atoms with Gasteiger partial charge in [-0.25, -0.2) is 0 Å². The molecule has 0 radical (unpaired) electrons. The lowest BCUT2D eigenvalue weighted by Crippen LogP contribution is -1.89. The van der Waals surface area contributed by atoms with E-state index in [0.29, 0.717) is 0 Å². The maximum Gasteiger partial charge on any atom is 0.307 e. The van der Waals surface area contributed by atoms with Gasteiger partial charge in [-0.05, 0) is 31.7 Å². The highest BCUT2D eigenvalue weighted by Crippen LogP contribution is 2.18. The summed E-state index contributed by atoms with van der Waals surface area (Å²) in [4.78, 5) is 13.9. The van der Waals surface area contributed by atoms with Crippen LogP contribution in [0.5, 0.6) is 5.88 Å². The highest BCUT2D eigenvalue weighted by Gasteiger charge is 2.05. The third-order valence-electron chi connectivity index (χ3n) is 2.69. The monoisotopic (exact) mass is 249 g/mol. The number of aromatic hydroxyl groups is 1. The van der Waals surface area contributed by atoms with Crippen LogP contribution in [0.4, 0.5) is 0 Å². The van der Waals surface area contributed by atoms with E-state index < -0.39 is 0 Å². The number of H-pyrrole nitrogens is 1. The van der Waals surface area contributed by atoms with Crippen LogP contribution in [0.3, 0.4) is 0 Å². The lowest BCUT2D eigenvalue weighted by Gasteiger charge is -2.01. The third kappa shape index (κ3) is 3.20. The van der Waals surface area contributed by atoms with Crippen LogP contribution in [0, 0.1) is 6.92 Å². The van der Waals surface area contributed by atoms with Gasteiger partial charge in [-0.15, -0.1) is 0 Å². The number of benzene rings is 1. The summed E-state index contributed by atoms with van der Waals surface area (Å²) < 4.78 is 0. The number of nitrogens with one attached hydrogen (secondary N) is 1. The quantitative estimate of drug-likeness (QED) is 0.875. The first kappa shape index (κ1) is 11.9. The van der Waals surface area contributed by atoms with Crippen molar-refractivity contribution in [2.45, 2.75) is 26.2 Å². The van der Waals surface area contributed by atoms with Gasteiger partial charge >= 0.3 is 4.87 Å². The molecule has 2 rings (SSSR count). The van der Waals surface area contributed by atoms with E-state index in [2.05, 4.69) is 36.2 Å². The third-order valence-corrected chi connectivity index (χ3v) is 3.62. The SMILES string of the molecule is Cc1ccc(CCCc2sc(=O)[nH]c2O)cc1. The van der Waals surface area contributed by atoms with E-state index >= 15 is 0 Å². The molecule has 17 heavy (non-hydrogen) atoms. The maximum atomic E-state index is 11.0. The van der Waals surface area contributed by atoms with Crippen molar-refractivity contribution in [1.29, 1.82) is 0 Å². The molecule has 0 saturated heterocycles. The topological polar surface area (TPSA) is 53.1 Å². The van der Waals surface area contributed by atoms with E-state index in [1.54, 1.807) is 0 Å². The highest BCUT2D eigenvalue weighted by atomic mass is 32.1. The molecule has 2 N–H and O–H groups in total. The van der Waals surface area contributed by atoms with Crippen LogP contribution in [-0.4, -0.2) is 10.1 Å². The number of rotatable bonds is 4. The van der Waals surface area contributed by atoms with Crippen molar-refractivity contribution in [3.8, 4) is 5.88 Å². The van der Waals surface area contributed by atoms with Crippen molar-refractivity contribution in [2.24, 2.45) is 0 Å². The second-order valence-corrected chi connectivity index (χ2v) is 5.19. The van der Waals surface area contributed by atoms with E-state index in [-0.39, 0.29) is 10.8 Å². The minimum Gasteiger partial charge on any atom is -0.494 e. The predicted octanol–water partition coefficient (Wildman–Crippen LogP) is 2.63. The molecule has 1 aromatic carbocycles. The zero-order valence-corrected chi connectivity index (χ0v) is 10.5. The maximum absolute atomic E-state index is 11.0. The molecule has 3 nitrogen and oxygen atoms in total. The first-order valence-corrected chi connectivity index (χ1v) is 6.43.